The molecule has 0 spiro atoms. The third-order valence-electron chi connectivity index (χ3n) is 7.62. The molecule has 0 aliphatic carbocycles. The molecule has 0 unspecified atom stereocenters. The molecule has 2 aromatic heterocycles. The first-order valence-electron chi connectivity index (χ1n) is 13.3. The van der Waals surface area contributed by atoms with Gasteiger partial charge in [0.05, 0.1) is 12.6 Å². The predicted molar refractivity (Wildman–Crippen MR) is 147 cm³/mol. The molecule has 4 aromatic rings. The molecule has 38 heavy (non-hydrogen) atoms. The summed E-state index contributed by atoms with van der Waals surface area (Å²) in [6.07, 6.45) is 4.17. The average molecular weight is 510 g/mol. The highest BCUT2D eigenvalue weighted by molar-refractivity contribution is 5.94. The lowest BCUT2D eigenvalue weighted by atomic mass is 10.0. The molecule has 1 N–H and O–H groups in total. The van der Waals surface area contributed by atoms with Gasteiger partial charge in [0.15, 0.2) is 0 Å². The van der Waals surface area contributed by atoms with Gasteiger partial charge in [-0.2, -0.15) is 4.98 Å². The van der Waals surface area contributed by atoms with E-state index in [2.05, 4.69) is 10.3 Å². The summed E-state index contributed by atoms with van der Waals surface area (Å²) in [4.78, 5) is 38.0. The number of rotatable bonds is 5. The number of fused-ring (bicyclic) bond motifs is 1. The smallest absolute Gasteiger partial charge is 0.260 e. The first-order chi connectivity index (χ1) is 18.6. The minimum atomic E-state index is -0.0658. The summed E-state index contributed by atoms with van der Waals surface area (Å²) in [5.41, 5.74) is 3.91. The summed E-state index contributed by atoms with van der Waals surface area (Å²) in [7, 11) is 0. The normalized spacial score (nSPS) is 18.1. The van der Waals surface area contributed by atoms with E-state index in [1.807, 2.05) is 72.5 Å². The van der Waals surface area contributed by atoms with E-state index in [9.17, 15) is 9.59 Å². The number of nitrogens with one attached hydrogen (secondary N) is 1. The summed E-state index contributed by atoms with van der Waals surface area (Å²) in [5.74, 6) is 0.569. The Labute approximate surface area is 221 Å². The van der Waals surface area contributed by atoms with Crippen molar-refractivity contribution < 1.29 is 9.53 Å². The Morgan fingerprint density at radius 2 is 1.76 bits per heavy atom. The molecule has 1 amide bonds. The van der Waals surface area contributed by atoms with E-state index in [4.69, 9.17) is 9.72 Å². The minimum absolute atomic E-state index is 0.0558. The molecule has 8 heteroatoms. The van der Waals surface area contributed by atoms with Gasteiger partial charge in [-0.3, -0.25) is 14.2 Å². The van der Waals surface area contributed by atoms with E-state index in [1.54, 1.807) is 10.8 Å². The zero-order chi connectivity index (χ0) is 26.1. The Balaban J connectivity index is 1.27. The van der Waals surface area contributed by atoms with Crippen molar-refractivity contribution in [1.82, 2.24) is 19.4 Å². The van der Waals surface area contributed by atoms with Gasteiger partial charge in [-0.1, -0.05) is 42.5 Å². The van der Waals surface area contributed by atoms with Crippen molar-refractivity contribution in [2.24, 2.45) is 0 Å². The second-order valence-electron chi connectivity index (χ2n) is 10.1. The molecule has 2 aromatic carbocycles. The summed E-state index contributed by atoms with van der Waals surface area (Å²) in [6.45, 7) is 4.48. The first kappa shape index (κ1) is 24.3. The second-order valence-corrected chi connectivity index (χ2v) is 10.1. The van der Waals surface area contributed by atoms with Crippen LogP contribution in [0.15, 0.2) is 71.7 Å². The van der Waals surface area contributed by atoms with Crippen LogP contribution in [-0.4, -0.2) is 57.7 Å². The van der Waals surface area contributed by atoms with Crippen LogP contribution in [-0.2, 0) is 4.74 Å². The van der Waals surface area contributed by atoms with E-state index in [0.717, 1.165) is 41.3 Å². The maximum Gasteiger partial charge on any atom is 0.260 e. The molecule has 4 heterocycles. The number of nitrogens with zero attached hydrogens (tertiary/aromatic N) is 4. The van der Waals surface area contributed by atoms with Crippen molar-refractivity contribution in [3.05, 3.63) is 88.3 Å². The van der Waals surface area contributed by atoms with Gasteiger partial charge in [-0.25, -0.2) is 4.98 Å². The number of anilines is 1. The molecule has 194 valence electrons. The van der Waals surface area contributed by atoms with Crippen LogP contribution in [0.1, 0.15) is 41.2 Å². The maximum atomic E-state index is 13.8. The second kappa shape index (κ2) is 10.4. The summed E-state index contributed by atoms with van der Waals surface area (Å²) >= 11 is 0. The summed E-state index contributed by atoms with van der Waals surface area (Å²) in [5, 5.41) is 4.28. The number of likely N-dealkylation sites (tertiary alicyclic amines) is 1. The fourth-order valence-corrected chi connectivity index (χ4v) is 5.49. The number of aromatic nitrogens is 3. The standard InChI is InChI=1S/C30H31N5O3/c1-20-7-5-6-10-25(20)26-17-22-18-31-30(33-27(22)35(29(26)37)24-13-16-38-19-24)32-23-11-14-34(15-12-23)28(36)21-8-3-2-4-9-21/h2-10,17-18,23-24H,11-16,19H2,1H3,(H,31,32,33)/t24-/m0/s1. The van der Waals surface area contributed by atoms with Crippen LogP contribution in [0, 0.1) is 6.92 Å². The molecule has 2 aliphatic rings. The minimum Gasteiger partial charge on any atom is -0.379 e. The number of piperidine rings is 1. The van der Waals surface area contributed by atoms with Crippen molar-refractivity contribution in [1.29, 1.82) is 0 Å². The largest absolute Gasteiger partial charge is 0.379 e. The molecule has 1 atom stereocenters. The van der Waals surface area contributed by atoms with Crippen LogP contribution in [0.3, 0.4) is 0 Å². The lowest BCUT2D eigenvalue weighted by Gasteiger charge is -2.32. The number of hydrogen-bond donors (Lipinski definition) is 1. The monoisotopic (exact) mass is 509 g/mol. The van der Waals surface area contributed by atoms with Crippen LogP contribution >= 0.6 is 0 Å². The van der Waals surface area contributed by atoms with Crippen molar-refractivity contribution in [3.63, 3.8) is 0 Å². The number of pyridine rings is 1. The van der Waals surface area contributed by atoms with Gasteiger partial charge >= 0.3 is 0 Å². The lowest BCUT2D eigenvalue weighted by Crippen LogP contribution is -2.42. The van der Waals surface area contributed by atoms with E-state index in [0.29, 0.717) is 43.5 Å². The number of carbonyl (C=O) groups is 1. The fourth-order valence-electron chi connectivity index (χ4n) is 5.49. The molecule has 0 saturated carbocycles. The van der Waals surface area contributed by atoms with Gasteiger partial charge in [-0.15, -0.1) is 0 Å². The SMILES string of the molecule is Cc1ccccc1-c1cc2cnc(NC3CCN(C(=O)c4ccccc4)CC3)nc2n([C@H]2CCOC2)c1=O. The Kier molecular flexibility index (Phi) is 6.64. The quantitative estimate of drug-likeness (QED) is 0.428. The number of amides is 1. The van der Waals surface area contributed by atoms with Crippen LogP contribution < -0.4 is 10.9 Å². The van der Waals surface area contributed by atoms with Crippen LogP contribution in [0.25, 0.3) is 22.2 Å². The van der Waals surface area contributed by atoms with E-state index >= 15 is 0 Å². The highest BCUT2D eigenvalue weighted by Crippen LogP contribution is 2.28. The number of carbonyl (C=O) groups excluding carboxylic acids is 1. The summed E-state index contributed by atoms with van der Waals surface area (Å²) < 4.78 is 7.45. The first-order valence-corrected chi connectivity index (χ1v) is 13.3. The topological polar surface area (TPSA) is 89.3 Å². The molecular weight excluding hydrogens is 478 g/mol. The van der Waals surface area contributed by atoms with E-state index in [1.165, 1.54) is 0 Å². The van der Waals surface area contributed by atoms with Gasteiger partial charge in [-0.05, 0) is 55.5 Å². The third-order valence-corrected chi connectivity index (χ3v) is 7.62. The molecule has 8 nitrogen and oxygen atoms in total. The Bertz CT molecular complexity index is 1520. The molecule has 0 radical (unpaired) electrons. The molecule has 0 bridgehead atoms. The van der Waals surface area contributed by atoms with Crippen LogP contribution in [0.2, 0.25) is 0 Å². The van der Waals surface area contributed by atoms with Gasteiger partial charge in [0, 0.05) is 48.4 Å². The van der Waals surface area contributed by atoms with Gasteiger partial charge in [0.2, 0.25) is 5.95 Å². The van der Waals surface area contributed by atoms with Crippen LogP contribution in [0.5, 0.6) is 0 Å². The number of hydrogen-bond acceptors (Lipinski definition) is 6. The summed E-state index contributed by atoms with van der Waals surface area (Å²) in [6, 6.07) is 19.3. The van der Waals surface area contributed by atoms with E-state index < -0.39 is 0 Å². The zero-order valence-corrected chi connectivity index (χ0v) is 21.5. The predicted octanol–water partition coefficient (Wildman–Crippen LogP) is 4.45. The maximum absolute atomic E-state index is 13.8. The van der Waals surface area contributed by atoms with Gasteiger partial charge < -0.3 is 15.0 Å². The van der Waals surface area contributed by atoms with Crippen molar-refractivity contribution in [2.75, 3.05) is 31.6 Å². The molecule has 2 aliphatic heterocycles. The van der Waals surface area contributed by atoms with Crippen molar-refractivity contribution in [3.8, 4) is 11.1 Å². The number of aryl methyl sites for hydroxylation is 1. The lowest BCUT2D eigenvalue weighted by molar-refractivity contribution is 0.0718. The average Bonchev–Trinajstić information content (AvgIpc) is 3.48. The molecule has 6 rings (SSSR count). The van der Waals surface area contributed by atoms with Gasteiger partial charge in [0.1, 0.15) is 5.65 Å². The van der Waals surface area contributed by atoms with Crippen molar-refractivity contribution >= 4 is 22.9 Å². The highest BCUT2D eigenvalue weighted by Gasteiger charge is 2.26. The zero-order valence-electron chi connectivity index (χ0n) is 21.5. The molecular formula is C30H31N5O3. The van der Waals surface area contributed by atoms with Crippen molar-refractivity contribution in [2.45, 2.75) is 38.3 Å². The number of benzene rings is 2. The van der Waals surface area contributed by atoms with E-state index in [-0.39, 0.29) is 23.6 Å². The highest BCUT2D eigenvalue weighted by atomic mass is 16.5. The fraction of sp³-hybridized carbons (Fsp3) is 0.333. The Morgan fingerprint density at radius 1 is 1.00 bits per heavy atom. The third kappa shape index (κ3) is 4.67. The molecule has 2 fully saturated rings. The Hall–Kier alpha value is -4.04. The number of ether oxygens (including phenoxy) is 1. The Morgan fingerprint density at radius 3 is 2.50 bits per heavy atom. The van der Waals surface area contributed by atoms with Crippen LogP contribution in [0.4, 0.5) is 5.95 Å². The molecule has 2 saturated heterocycles. The van der Waals surface area contributed by atoms with Gasteiger partial charge in [0.25, 0.3) is 11.5 Å².